The number of amides is 1. The first-order chi connectivity index (χ1) is 15.8. The largest absolute Gasteiger partial charge is 0.497 e. The lowest BCUT2D eigenvalue weighted by atomic mass is 9.87. The quantitative estimate of drug-likeness (QED) is 0.464. The second-order valence-electron chi connectivity index (χ2n) is 9.14. The number of ether oxygens (including phenoxy) is 3. The summed E-state index contributed by atoms with van der Waals surface area (Å²) in [4.78, 5) is 29.4. The number of rotatable bonds is 7. The maximum atomic E-state index is 14.0. The number of hydrogen-bond acceptors (Lipinski definition) is 5. The maximum Gasteiger partial charge on any atom is 0.272 e. The fourth-order valence-electron chi connectivity index (χ4n) is 4.91. The third-order valence-corrected chi connectivity index (χ3v) is 6.44. The fourth-order valence-corrected chi connectivity index (χ4v) is 4.91. The number of ketones is 1. The number of benzene rings is 2. The molecule has 174 valence electrons. The van der Waals surface area contributed by atoms with Crippen LogP contribution in [0.3, 0.4) is 0 Å². The van der Waals surface area contributed by atoms with Crippen LogP contribution in [0, 0.1) is 5.92 Å². The number of nitrogens with zero attached hydrogens (tertiary/aromatic N) is 1. The van der Waals surface area contributed by atoms with Crippen LogP contribution in [-0.2, 0) is 20.7 Å². The third kappa shape index (κ3) is 3.93. The first-order valence-electron chi connectivity index (χ1n) is 11.3. The van der Waals surface area contributed by atoms with Gasteiger partial charge in [-0.2, -0.15) is 0 Å². The van der Waals surface area contributed by atoms with Gasteiger partial charge >= 0.3 is 0 Å². The number of Topliss-reactive ketones (excluding diaryl/α,β-unsaturated/α-hetero) is 1. The SMILES string of the molecule is C=C1C[C@H](Cc2ccccc2)O[C@]12C(=O)[C@H](CC(C)C)N(c1ccc(OC)cc1OC)C2=O. The Balaban J connectivity index is 1.73. The zero-order valence-electron chi connectivity index (χ0n) is 19.7. The Morgan fingerprint density at radius 2 is 1.85 bits per heavy atom. The van der Waals surface area contributed by atoms with E-state index in [4.69, 9.17) is 14.2 Å². The highest BCUT2D eigenvalue weighted by molar-refractivity contribution is 6.28. The van der Waals surface area contributed by atoms with Gasteiger partial charge < -0.3 is 14.2 Å². The highest BCUT2D eigenvalue weighted by atomic mass is 16.5. The smallest absolute Gasteiger partial charge is 0.272 e. The highest BCUT2D eigenvalue weighted by Gasteiger charge is 2.65. The molecule has 2 heterocycles. The molecule has 33 heavy (non-hydrogen) atoms. The van der Waals surface area contributed by atoms with Crippen LogP contribution in [0.5, 0.6) is 11.5 Å². The Morgan fingerprint density at radius 1 is 1.12 bits per heavy atom. The maximum absolute atomic E-state index is 14.0. The van der Waals surface area contributed by atoms with Gasteiger partial charge in [-0.1, -0.05) is 50.8 Å². The predicted molar refractivity (Wildman–Crippen MR) is 127 cm³/mol. The van der Waals surface area contributed by atoms with Crippen molar-refractivity contribution in [2.45, 2.75) is 50.9 Å². The Labute approximate surface area is 195 Å². The molecule has 0 unspecified atom stereocenters. The first-order valence-corrected chi connectivity index (χ1v) is 11.3. The van der Waals surface area contributed by atoms with Gasteiger partial charge in [0.05, 0.1) is 32.1 Å². The third-order valence-electron chi connectivity index (χ3n) is 6.44. The van der Waals surface area contributed by atoms with Crippen molar-refractivity contribution >= 4 is 17.4 Å². The summed E-state index contributed by atoms with van der Waals surface area (Å²) in [6.07, 6.45) is 1.31. The van der Waals surface area contributed by atoms with Crippen LogP contribution < -0.4 is 14.4 Å². The van der Waals surface area contributed by atoms with Crippen molar-refractivity contribution in [3.63, 3.8) is 0 Å². The van der Waals surface area contributed by atoms with Crippen molar-refractivity contribution < 1.29 is 23.8 Å². The van der Waals surface area contributed by atoms with Gasteiger partial charge in [0.15, 0.2) is 0 Å². The zero-order valence-corrected chi connectivity index (χ0v) is 19.7. The van der Waals surface area contributed by atoms with E-state index in [1.165, 1.54) is 7.11 Å². The summed E-state index contributed by atoms with van der Waals surface area (Å²) in [7, 11) is 3.10. The minimum Gasteiger partial charge on any atom is -0.497 e. The number of carbonyl (C=O) groups excluding carboxylic acids is 2. The van der Waals surface area contributed by atoms with E-state index in [1.807, 2.05) is 44.2 Å². The molecule has 2 aromatic rings. The van der Waals surface area contributed by atoms with Crippen LogP contribution in [0.2, 0.25) is 0 Å². The van der Waals surface area contributed by atoms with Gasteiger partial charge in [0.1, 0.15) is 11.5 Å². The van der Waals surface area contributed by atoms with Gasteiger partial charge in [-0.3, -0.25) is 14.5 Å². The van der Waals surface area contributed by atoms with E-state index in [0.29, 0.717) is 42.0 Å². The molecule has 1 amide bonds. The molecule has 6 heteroatoms. The number of carbonyl (C=O) groups is 2. The summed E-state index contributed by atoms with van der Waals surface area (Å²) in [5.41, 5.74) is 0.506. The van der Waals surface area contributed by atoms with Crippen LogP contribution in [0.15, 0.2) is 60.7 Å². The van der Waals surface area contributed by atoms with E-state index in [9.17, 15) is 9.59 Å². The molecule has 0 aromatic heterocycles. The topological polar surface area (TPSA) is 65.1 Å². The molecule has 0 radical (unpaired) electrons. The molecule has 3 atom stereocenters. The molecule has 2 fully saturated rings. The van der Waals surface area contributed by atoms with E-state index in [1.54, 1.807) is 30.2 Å². The lowest BCUT2D eigenvalue weighted by Gasteiger charge is -2.26. The summed E-state index contributed by atoms with van der Waals surface area (Å²) in [6, 6.07) is 14.5. The predicted octanol–water partition coefficient (Wildman–Crippen LogP) is 4.36. The molecule has 0 N–H and O–H groups in total. The van der Waals surface area contributed by atoms with Crippen LogP contribution in [0.4, 0.5) is 5.69 Å². The van der Waals surface area contributed by atoms with Gasteiger partial charge in [0.2, 0.25) is 11.4 Å². The van der Waals surface area contributed by atoms with Crippen molar-refractivity contribution in [2.24, 2.45) is 5.92 Å². The Morgan fingerprint density at radius 3 is 2.48 bits per heavy atom. The lowest BCUT2D eigenvalue weighted by Crippen LogP contribution is -2.45. The number of hydrogen-bond donors (Lipinski definition) is 0. The normalized spacial score (nSPS) is 24.9. The van der Waals surface area contributed by atoms with E-state index in [2.05, 4.69) is 6.58 Å². The van der Waals surface area contributed by atoms with Crippen LogP contribution in [0.25, 0.3) is 0 Å². The molecule has 1 spiro atoms. The Bertz CT molecular complexity index is 1060. The van der Waals surface area contributed by atoms with Gasteiger partial charge in [0, 0.05) is 6.07 Å². The molecule has 0 bridgehead atoms. The van der Waals surface area contributed by atoms with Crippen molar-refractivity contribution in [1.82, 2.24) is 0 Å². The second kappa shape index (κ2) is 9.02. The van der Waals surface area contributed by atoms with Crippen molar-refractivity contribution in [1.29, 1.82) is 0 Å². The van der Waals surface area contributed by atoms with Gasteiger partial charge in [-0.15, -0.1) is 0 Å². The van der Waals surface area contributed by atoms with Crippen molar-refractivity contribution in [3.8, 4) is 11.5 Å². The van der Waals surface area contributed by atoms with Crippen LogP contribution in [0.1, 0.15) is 32.3 Å². The minimum atomic E-state index is -1.65. The molecule has 6 nitrogen and oxygen atoms in total. The fraction of sp³-hybridized carbons (Fsp3) is 0.407. The summed E-state index contributed by atoms with van der Waals surface area (Å²) in [5, 5.41) is 0. The van der Waals surface area contributed by atoms with E-state index in [0.717, 1.165) is 5.56 Å². The van der Waals surface area contributed by atoms with Gasteiger partial charge in [0.25, 0.3) is 5.91 Å². The van der Waals surface area contributed by atoms with Crippen molar-refractivity contribution in [2.75, 3.05) is 19.1 Å². The average Bonchev–Trinajstić information content (AvgIpc) is 3.23. The van der Waals surface area contributed by atoms with Crippen molar-refractivity contribution in [3.05, 3.63) is 66.2 Å². The summed E-state index contributed by atoms with van der Waals surface area (Å²) < 4.78 is 17.2. The molecule has 2 aliphatic heterocycles. The molecular formula is C27H31NO5. The van der Waals surface area contributed by atoms with Gasteiger partial charge in [-0.25, -0.2) is 0 Å². The summed E-state index contributed by atoms with van der Waals surface area (Å²) in [6.45, 7) is 8.22. The van der Waals surface area contributed by atoms with E-state index in [-0.39, 0.29) is 23.7 Å². The van der Waals surface area contributed by atoms with Crippen LogP contribution >= 0.6 is 0 Å². The van der Waals surface area contributed by atoms with Gasteiger partial charge in [-0.05, 0) is 48.4 Å². The monoisotopic (exact) mass is 449 g/mol. The second-order valence-corrected chi connectivity index (χ2v) is 9.14. The van der Waals surface area contributed by atoms with Crippen LogP contribution in [-0.4, -0.2) is 43.7 Å². The highest BCUT2D eigenvalue weighted by Crippen LogP contribution is 2.48. The number of anilines is 1. The molecular weight excluding hydrogens is 418 g/mol. The zero-order chi connectivity index (χ0) is 23.8. The first kappa shape index (κ1) is 23.1. The average molecular weight is 450 g/mol. The molecule has 0 saturated carbocycles. The van der Waals surface area contributed by atoms with E-state index >= 15 is 0 Å². The molecule has 2 saturated heterocycles. The van der Waals surface area contributed by atoms with E-state index < -0.39 is 11.6 Å². The Hall–Kier alpha value is -3.12. The molecule has 2 aliphatic rings. The standard InChI is InChI=1S/C27H31NO5/c1-17(2)13-23-25(29)27(18(3)14-21(33-27)15-19-9-7-6-8-10-19)26(30)28(23)22-12-11-20(31-4)16-24(22)32-5/h6-12,16-17,21,23H,3,13-15H2,1-2,4-5H3/t21-,23+,27+/m1/s1. The summed E-state index contributed by atoms with van der Waals surface area (Å²) in [5.74, 6) is 0.643. The molecule has 2 aromatic carbocycles. The minimum absolute atomic E-state index is 0.198. The molecule has 0 aliphatic carbocycles. The lowest BCUT2D eigenvalue weighted by molar-refractivity contribution is -0.147. The molecule has 4 rings (SSSR count). The Kier molecular flexibility index (Phi) is 6.30. The number of methoxy groups -OCH3 is 2. The summed E-state index contributed by atoms with van der Waals surface area (Å²) >= 11 is 0.